The first-order chi connectivity index (χ1) is 9.93. The molecule has 1 aromatic heterocycles. The molecule has 0 unspecified atom stereocenters. The SMILES string of the molecule is Cc1noc(COc2ccc3c(c2)OC(C)(C)CC3=O)n1. The second kappa shape index (κ2) is 4.87. The highest BCUT2D eigenvalue weighted by Gasteiger charge is 2.32. The van der Waals surface area contributed by atoms with Gasteiger partial charge in [0.1, 0.15) is 17.1 Å². The lowest BCUT2D eigenvalue weighted by Crippen LogP contribution is -2.35. The van der Waals surface area contributed by atoms with E-state index in [2.05, 4.69) is 10.1 Å². The molecule has 0 saturated carbocycles. The first-order valence-corrected chi connectivity index (χ1v) is 6.71. The van der Waals surface area contributed by atoms with Crippen molar-refractivity contribution in [3.05, 3.63) is 35.5 Å². The summed E-state index contributed by atoms with van der Waals surface area (Å²) >= 11 is 0. The highest BCUT2D eigenvalue weighted by molar-refractivity contribution is 6.00. The third kappa shape index (κ3) is 2.89. The first-order valence-electron chi connectivity index (χ1n) is 6.71. The van der Waals surface area contributed by atoms with Gasteiger partial charge in [0.05, 0.1) is 12.0 Å². The van der Waals surface area contributed by atoms with E-state index in [1.165, 1.54) is 0 Å². The number of carbonyl (C=O) groups excluding carboxylic acids is 1. The molecule has 110 valence electrons. The molecule has 6 heteroatoms. The lowest BCUT2D eigenvalue weighted by molar-refractivity contribution is 0.0618. The van der Waals surface area contributed by atoms with Gasteiger partial charge in [0, 0.05) is 6.07 Å². The summed E-state index contributed by atoms with van der Waals surface area (Å²) in [5.41, 5.74) is 0.0991. The minimum absolute atomic E-state index is 0.0836. The maximum Gasteiger partial charge on any atom is 0.264 e. The fraction of sp³-hybridized carbons (Fsp3) is 0.400. The van der Waals surface area contributed by atoms with E-state index in [1.54, 1.807) is 25.1 Å². The van der Waals surface area contributed by atoms with E-state index in [9.17, 15) is 4.79 Å². The van der Waals surface area contributed by atoms with Crippen LogP contribution in [0.3, 0.4) is 0 Å². The van der Waals surface area contributed by atoms with Gasteiger partial charge < -0.3 is 14.0 Å². The number of hydrogen-bond acceptors (Lipinski definition) is 6. The fourth-order valence-corrected chi connectivity index (χ4v) is 2.27. The van der Waals surface area contributed by atoms with Gasteiger partial charge in [0.2, 0.25) is 0 Å². The molecule has 0 aliphatic carbocycles. The number of aryl methyl sites for hydroxylation is 1. The summed E-state index contributed by atoms with van der Waals surface area (Å²) in [6.07, 6.45) is 0.376. The minimum atomic E-state index is -0.494. The summed E-state index contributed by atoms with van der Waals surface area (Å²) < 4.78 is 16.4. The maximum absolute atomic E-state index is 12.0. The van der Waals surface area contributed by atoms with Crippen molar-refractivity contribution in [2.24, 2.45) is 0 Å². The van der Waals surface area contributed by atoms with E-state index < -0.39 is 5.60 Å². The Balaban J connectivity index is 1.78. The van der Waals surface area contributed by atoms with Crippen LogP contribution in [0.15, 0.2) is 22.7 Å². The Kier molecular flexibility index (Phi) is 3.16. The summed E-state index contributed by atoms with van der Waals surface area (Å²) in [5.74, 6) is 2.20. The average molecular weight is 288 g/mol. The molecule has 3 rings (SSSR count). The second-order valence-electron chi connectivity index (χ2n) is 5.64. The summed E-state index contributed by atoms with van der Waals surface area (Å²) in [5, 5.41) is 3.69. The molecule has 2 heterocycles. The van der Waals surface area contributed by atoms with Gasteiger partial charge in [-0.05, 0) is 32.9 Å². The Morgan fingerprint density at radius 2 is 2.19 bits per heavy atom. The van der Waals surface area contributed by atoms with Crippen LogP contribution in [0.2, 0.25) is 0 Å². The molecule has 0 spiro atoms. The van der Waals surface area contributed by atoms with Gasteiger partial charge in [-0.3, -0.25) is 4.79 Å². The summed E-state index contributed by atoms with van der Waals surface area (Å²) in [6, 6.07) is 5.18. The number of Topliss-reactive ketones (excluding diaryl/α,β-unsaturated/α-hetero) is 1. The van der Waals surface area contributed by atoms with Crippen molar-refractivity contribution in [3.63, 3.8) is 0 Å². The predicted molar refractivity (Wildman–Crippen MR) is 73.5 cm³/mol. The predicted octanol–water partition coefficient (Wildman–Crippen LogP) is 2.70. The quantitative estimate of drug-likeness (QED) is 0.864. The zero-order valence-electron chi connectivity index (χ0n) is 12.2. The van der Waals surface area contributed by atoms with Crippen LogP contribution in [-0.2, 0) is 6.61 Å². The molecular weight excluding hydrogens is 272 g/mol. The normalized spacial score (nSPS) is 16.2. The minimum Gasteiger partial charge on any atom is -0.486 e. The van der Waals surface area contributed by atoms with E-state index >= 15 is 0 Å². The van der Waals surface area contributed by atoms with Gasteiger partial charge in [0.15, 0.2) is 18.2 Å². The van der Waals surface area contributed by atoms with Crippen LogP contribution in [0.4, 0.5) is 0 Å². The first kappa shape index (κ1) is 13.6. The Bertz CT molecular complexity index is 691. The zero-order valence-corrected chi connectivity index (χ0v) is 12.2. The molecule has 0 atom stereocenters. The van der Waals surface area contributed by atoms with E-state index in [0.717, 1.165) is 0 Å². The van der Waals surface area contributed by atoms with Gasteiger partial charge in [0.25, 0.3) is 5.89 Å². The number of benzene rings is 1. The lowest BCUT2D eigenvalue weighted by atomic mass is 9.93. The van der Waals surface area contributed by atoms with Gasteiger partial charge in [-0.25, -0.2) is 0 Å². The fourth-order valence-electron chi connectivity index (χ4n) is 2.27. The molecule has 0 saturated heterocycles. The van der Waals surface area contributed by atoms with Crippen molar-refractivity contribution >= 4 is 5.78 Å². The van der Waals surface area contributed by atoms with Crippen molar-refractivity contribution in [1.82, 2.24) is 10.1 Å². The van der Waals surface area contributed by atoms with Crippen LogP contribution in [-0.4, -0.2) is 21.5 Å². The number of ketones is 1. The van der Waals surface area contributed by atoms with Crippen molar-refractivity contribution in [1.29, 1.82) is 0 Å². The molecular formula is C15H16N2O4. The van der Waals surface area contributed by atoms with Crippen LogP contribution < -0.4 is 9.47 Å². The molecule has 1 aromatic carbocycles. The molecule has 0 radical (unpaired) electrons. The van der Waals surface area contributed by atoms with Crippen molar-refractivity contribution in [2.45, 2.75) is 39.4 Å². The highest BCUT2D eigenvalue weighted by Crippen LogP contribution is 2.35. The highest BCUT2D eigenvalue weighted by atomic mass is 16.5. The molecule has 6 nitrogen and oxygen atoms in total. The van der Waals surface area contributed by atoms with E-state index in [0.29, 0.717) is 35.2 Å². The third-order valence-corrected chi connectivity index (χ3v) is 3.16. The summed E-state index contributed by atoms with van der Waals surface area (Å²) in [4.78, 5) is 16.1. The van der Waals surface area contributed by atoms with Gasteiger partial charge in [-0.15, -0.1) is 0 Å². The zero-order chi connectivity index (χ0) is 15.0. The monoisotopic (exact) mass is 288 g/mol. The Morgan fingerprint density at radius 1 is 1.38 bits per heavy atom. The number of hydrogen-bond donors (Lipinski definition) is 0. The molecule has 0 amide bonds. The number of rotatable bonds is 3. The van der Waals surface area contributed by atoms with Gasteiger partial charge in [-0.2, -0.15) is 4.98 Å². The average Bonchev–Trinajstić information content (AvgIpc) is 2.80. The van der Waals surface area contributed by atoms with Crippen LogP contribution in [0.25, 0.3) is 0 Å². The van der Waals surface area contributed by atoms with Crippen LogP contribution in [0, 0.1) is 6.92 Å². The number of nitrogens with zero attached hydrogens (tertiary/aromatic N) is 2. The Labute approximate surface area is 122 Å². The lowest BCUT2D eigenvalue weighted by Gasteiger charge is -2.31. The molecule has 21 heavy (non-hydrogen) atoms. The molecule has 1 aliphatic heterocycles. The van der Waals surface area contributed by atoms with Crippen LogP contribution in [0.1, 0.15) is 42.3 Å². The van der Waals surface area contributed by atoms with E-state index in [4.69, 9.17) is 14.0 Å². The maximum atomic E-state index is 12.0. The largest absolute Gasteiger partial charge is 0.486 e. The van der Waals surface area contributed by atoms with Crippen molar-refractivity contribution in [2.75, 3.05) is 0 Å². The molecule has 2 aromatic rings. The Hall–Kier alpha value is -2.37. The number of fused-ring (bicyclic) bond motifs is 1. The van der Waals surface area contributed by atoms with Gasteiger partial charge >= 0.3 is 0 Å². The molecule has 1 aliphatic rings. The van der Waals surface area contributed by atoms with Gasteiger partial charge in [-0.1, -0.05) is 5.16 Å². The topological polar surface area (TPSA) is 74.5 Å². The molecule has 0 bridgehead atoms. The summed E-state index contributed by atoms with van der Waals surface area (Å²) in [7, 11) is 0. The van der Waals surface area contributed by atoms with Crippen molar-refractivity contribution < 1.29 is 18.8 Å². The third-order valence-electron chi connectivity index (χ3n) is 3.16. The number of aromatic nitrogens is 2. The van der Waals surface area contributed by atoms with E-state index in [-0.39, 0.29) is 12.4 Å². The van der Waals surface area contributed by atoms with E-state index in [1.807, 2.05) is 13.8 Å². The Morgan fingerprint density at radius 3 is 2.90 bits per heavy atom. The smallest absolute Gasteiger partial charge is 0.264 e. The number of carbonyl (C=O) groups is 1. The number of ether oxygens (including phenoxy) is 2. The van der Waals surface area contributed by atoms with Crippen molar-refractivity contribution in [3.8, 4) is 11.5 Å². The molecule has 0 N–H and O–H groups in total. The second-order valence-corrected chi connectivity index (χ2v) is 5.64. The van der Waals surface area contributed by atoms with Crippen LogP contribution in [0.5, 0.6) is 11.5 Å². The van der Waals surface area contributed by atoms with Crippen LogP contribution >= 0.6 is 0 Å². The standard InChI is InChI=1S/C15H16N2O4/c1-9-16-14(21-17-9)8-19-10-4-5-11-12(18)7-15(2,3)20-13(11)6-10/h4-6H,7-8H2,1-3H3. The summed E-state index contributed by atoms with van der Waals surface area (Å²) in [6.45, 7) is 5.70. The molecule has 0 fully saturated rings.